The summed E-state index contributed by atoms with van der Waals surface area (Å²) in [6.45, 7) is 1.57. The van der Waals surface area contributed by atoms with Crippen LogP contribution in [-0.2, 0) is 9.47 Å². The Hall–Kier alpha value is -0.120. The molecule has 2 aliphatic rings. The maximum atomic E-state index is 5.74. The molecule has 0 aromatic carbocycles. The molecule has 12 heavy (non-hydrogen) atoms. The van der Waals surface area contributed by atoms with Gasteiger partial charge in [0.15, 0.2) is 0 Å². The van der Waals surface area contributed by atoms with Gasteiger partial charge in [0, 0.05) is 13.2 Å². The van der Waals surface area contributed by atoms with Crippen LogP contribution in [0.4, 0.5) is 0 Å². The van der Waals surface area contributed by atoms with Crippen LogP contribution in [0.3, 0.4) is 0 Å². The lowest BCUT2D eigenvalue weighted by molar-refractivity contribution is -0.0420. The maximum absolute atomic E-state index is 5.74. The van der Waals surface area contributed by atoms with Gasteiger partial charge in [-0.1, -0.05) is 0 Å². The van der Waals surface area contributed by atoms with Crippen LogP contribution >= 0.6 is 0 Å². The third-order valence-corrected chi connectivity index (χ3v) is 2.78. The molecular formula is C9H17NO2. The summed E-state index contributed by atoms with van der Waals surface area (Å²) < 4.78 is 11.3. The molecule has 3 heteroatoms. The molecule has 0 spiro atoms. The maximum Gasteiger partial charge on any atom is 0.0842 e. The minimum atomic E-state index is 0.291. The highest BCUT2D eigenvalue weighted by Gasteiger charge is 2.33. The standard InChI is InChI=1S/C9H17NO2/c10-6-7-3-4-9(12-7)8-2-1-5-11-8/h7-9H,1-6,10H2/t7-,8+,9-/m0/s1. The lowest BCUT2D eigenvalue weighted by Gasteiger charge is -2.18. The average Bonchev–Trinajstić information content (AvgIpc) is 2.75. The normalized spacial score (nSPS) is 42.2. The van der Waals surface area contributed by atoms with Gasteiger partial charge in [-0.2, -0.15) is 0 Å². The van der Waals surface area contributed by atoms with Gasteiger partial charge >= 0.3 is 0 Å². The average molecular weight is 171 g/mol. The Morgan fingerprint density at radius 3 is 2.67 bits per heavy atom. The first-order chi connectivity index (χ1) is 5.90. The van der Waals surface area contributed by atoms with Crippen LogP contribution in [0.5, 0.6) is 0 Å². The largest absolute Gasteiger partial charge is 0.376 e. The second kappa shape index (κ2) is 3.73. The van der Waals surface area contributed by atoms with Gasteiger partial charge < -0.3 is 15.2 Å². The van der Waals surface area contributed by atoms with Crippen molar-refractivity contribution in [3.63, 3.8) is 0 Å². The minimum absolute atomic E-state index is 0.291. The Balaban J connectivity index is 1.81. The quantitative estimate of drug-likeness (QED) is 0.664. The summed E-state index contributed by atoms with van der Waals surface area (Å²) in [5, 5.41) is 0. The molecule has 0 aromatic rings. The minimum Gasteiger partial charge on any atom is -0.376 e. The van der Waals surface area contributed by atoms with Crippen molar-refractivity contribution in [2.75, 3.05) is 13.2 Å². The van der Waals surface area contributed by atoms with E-state index in [9.17, 15) is 0 Å². The van der Waals surface area contributed by atoms with E-state index in [-0.39, 0.29) is 0 Å². The van der Waals surface area contributed by atoms with Crippen molar-refractivity contribution >= 4 is 0 Å². The Labute approximate surface area is 73.2 Å². The first-order valence-electron chi connectivity index (χ1n) is 4.87. The van der Waals surface area contributed by atoms with Gasteiger partial charge in [-0.15, -0.1) is 0 Å². The van der Waals surface area contributed by atoms with E-state index >= 15 is 0 Å². The molecule has 0 aliphatic carbocycles. The fraction of sp³-hybridized carbons (Fsp3) is 1.00. The molecule has 2 saturated heterocycles. The van der Waals surface area contributed by atoms with Crippen LogP contribution < -0.4 is 5.73 Å². The smallest absolute Gasteiger partial charge is 0.0842 e. The lowest BCUT2D eigenvalue weighted by Crippen LogP contribution is -2.28. The van der Waals surface area contributed by atoms with E-state index in [1.807, 2.05) is 0 Å². The number of hydrogen-bond donors (Lipinski definition) is 1. The summed E-state index contributed by atoms with van der Waals surface area (Å²) in [6.07, 6.45) is 5.59. The highest BCUT2D eigenvalue weighted by molar-refractivity contribution is 4.82. The predicted octanol–water partition coefficient (Wildman–Crippen LogP) is 0.672. The Bertz CT molecular complexity index is 145. The van der Waals surface area contributed by atoms with E-state index in [0.29, 0.717) is 24.9 Å². The van der Waals surface area contributed by atoms with Crippen molar-refractivity contribution in [1.29, 1.82) is 0 Å². The first kappa shape index (κ1) is 8.48. The van der Waals surface area contributed by atoms with Gasteiger partial charge in [-0.05, 0) is 25.7 Å². The molecule has 3 atom stereocenters. The highest BCUT2D eigenvalue weighted by Crippen LogP contribution is 2.28. The summed E-state index contributed by atoms with van der Waals surface area (Å²) in [7, 11) is 0. The van der Waals surface area contributed by atoms with Crippen LogP contribution in [0.2, 0.25) is 0 Å². The summed E-state index contributed by atoms with van der Waals surface area (Å²) in [4.78, 5) is 0. The number of ether oxygens (including phenoxy) is 2. The highest BCUT2D eigenvalue weighted by atomic mass is 16.6. The van der Waals surface area contributed by atoms with Gasteiger partial charge in [-0.25, -0.2) is 0 Å². The van der Waals surface area contributed by atoms with Crippen LogP contribution in [-0.4, -0.2) is 31.5 Å². The Morgan fingerprint density at radius 2 is 2.08 bits per heavy atom. The molecule has 2 N–H and O–H groups in total. The van der Waals surface area contributed by atoms with Crippen LogP contribution in [0.25, 0.3) is 0 Å². The molecule has 0 unspecified atom stereocenters. The van der Waals surface area contributed by atoms with E-state index in [0.717, 1.165) is 19.4 Å². The van der Waals surface area contributed by atoms with Gasteiger partial charge in [-0.3, -0.25) is 0 Å². The number of hydrogen-bond acceptors (Lipinski definition) is 3. The molecule has 2 fully saturated rings. The third kappa shape index (κ3) is 1.63. The zero-order valence-electron chi connectivity index (χ0n) is 7.37. The van der Waals surface area contributed by atoms with Crippen molar-refractivity contribution in [2.24, 2.45) is 5.73 Å². The third-order valence-electron chi connectivity index (χ3n) is 2.78. The number of rotatable bonds is 2. The van der Waals surface area contributed by atoms with E-state index in [1.165, 1.54) is 12.8 Å². The molecule has 0 radical (unpaired) electrons. The second-order valence-electron chi connectivity index (χ2n) is 3.66. The predicted molar refractivity (Wildman–Crippen MR) is 45.9 cm³/mol. The van der Waals surface area contributed by atoms with Crippen molar-refractivity contribution in [3.8, 4) is 0 Å². The molecule has 70 valence electrons. The van der Waals surface area contributed by atoms with Gasteiger partial charge in [0.05, 0.1) is 18.3 Å². The van der Waals surface area contributed by atoms with Gasteiger partial charge in [0.2, 0.25) is 0 Å². The molecule has 2 heterocycles. The number of nitrogens with two attached hydrogens (primary N) is 1. The summed E-state index contributed by atoms with van der Waals surface area (Å²) in [5.41, 5.74) is 5.53. The van der Waals surface area contributed by atoms with Crippen LogP contribution in [0.15, 0.2) is 0 Å². The second-order valence-corrected chi connectivity index (χ2v) is 3.66. The zero-order valence-corrected chi connectivity index (χ0v) is 7.37. The van der Waals surface area contributed by atoms with E-state index in [4.69, 9.17) is 15.2 Å². The van der Waals surface area contributed by atoms with Gasteiger partial charge in [0.25, 0.3) is 0 Å². The van der Waals surface area contributed by atoms with Crippen LogP contribution in [0, 0.1) is 0 Å². The first-order valence-corrected chi connectivity index (χ1v) is 4.87. The molecule has 0 bridgehead atoms. The monoisotopic (exact) mass is 171 g/mol. The molecule has 2 rings (SSSR count). The van der Waals surface area contributed by atoms with E-state index in [1.54, 1.807) is 0 Å². The summed E-state index contributed by atoms with van der Waals surface area (Å²) in [5.74, 6) is 0. The molecular weight excluding hydrogens is 154 g/mol. The summed E-state index contributed by atoms with van der Waals surface area (Å²) >= 11 is 0. The SMILES string of the molecule is NC[C@@H]1CC[C@@H]([C@H]2CCCO2)O1. The fourth-order valence-corrected chi connectivity index (χ4v) is 2.08. The van der Waals surface area contributed by atoms with E-state index in [2.05, 4.69) is 0 Å². The Morgan fingerprint density at radius 1 is 1.17 bits per heavy atom. The van der Waals surface area contributed by atoms with Crippen molar-refractivity contribution in [1.82, 2.24) is 0 Å². The zero-order chi connectivity index (χ0) is 8.39. The van der Waals surface area contributed by atoms with Crippen LogP contribution in [0.1, 0.15) is 25.7 Å². The Kier molecular flexibility index (Phi) is 2.63. The summed E-state index contributed by atoms with van der Waals surface area (Å²) in [6, 6.07) is 0. The van der Waals surface area contributed by atoms with Crippen molar-refractivity contribution in [2.45, 2.75) is 44.0 Å². The molecule has 3 nitrogen and oxygen atoms in total. The van der Waals surface area contributed by atoms with Crippen molar-refractivity contribution in [3.05, 3.63) is 0 Å². The fourth-order valence-electron chi connectivity index (χ4n) is 2.08. The van der Waals surface area contributed by atoms with Crippen molar-refractivity contribution < 1.29 is 9.47 Å². The molecule has 2 aliphatic heterocycles. The molecule has 0 amide bonds. The lowest BCUT2D eigenvalue weighted by atomic mass is 10.1. The van der Waals surface area contributed by atoms with E-state index < -0.39 is 0 Å². The molecule has 0 saturated carbocycles. The molecule has 0 aromatic heterocycles. The van der Waals surface area contributed by atoms with Gasteiger partial charge in [0.1, 0.15) is 0 Å². The topological polar surface area (TPSA) is 44.5 Å².